The summed E-state index contributed by atoms with van der Waals surface area (Å²) in [7, 11) is 0. The third-order valence-electron chi connectivity index (χ3n) is 6.48. The molecule has 0 bridgehead atoms. The van der Waals surface area contributed by atoms with Crippen molar-refractivity contribution in [1.29, 1.82) is 0 Å². The molecule has 0 saturated heterocycles. The molecule has 4 rings (SSSR count). The van der Waals surface area contributed by atoms with Gasteiger partial charge in [0.15, 0.2) is 0 Å². The fourth-order valence-electron chi connectivity index (χ4n) is 4.79. The summed E-state index contributed by atoms with van der Waals surface area (Å²) in [5.74, 6) is -0.361. The molecule has 3 aromatic carbocycles. The second-order valence-corrected chi connectivity index (χ2v) is 9.19. The van der Waals surface area contributed by atoms with E-state index in [9.17, 15) is 9.18 Å². The van der Waals surface area contributed by atoms with Gasteiger partial charge in [-0.15, -0.1) is 0 Å². The van der Waals surface area contributed by atoms with Crippen LogP contribution in [0, 0.1) is 26.6 Å². The highest BCUT2D eigenvalue weighted by molar-refractivity contribution is 5.82. The van der Waals surface area contributed by atoms with E-state index in [1.165, 1.54) is 28.8 Å². The van der Waals surface area contributed by atoms with Crippen LogP contribution in [0.5, 0.6) is 0 Å². The van der Waals surface area contributed by atoms with Gasteiger partial charge in [0.1, 0.15) is 5.82 Å². The maximum absolute atomic E-state index is 13.2. The van der Waals surface area contributed by atoms with E-state index in [1.807, 2.05) is 0 Å². The first-order valence-corrected chi connectivity index (χ1v) is 11.5. The van der Waals surface area contributed by atoms with E-state index in [0.717, 1.165) is 40.9 Å². The van der Waals surface area contributed by atoms with Crippen LogP contribution in [0.3, 0.4) is 0 Å². The number of hydrogen-bond acceptors (Lipinski definition) is 3. The topological polar surface area (TPSA) is 67.2 Å². The summed E-state index contributed by atoms with van der Waals surface area (Å²) in [6.07, 6.45) is 2.03. The summed E-state index contributed by atoms with van der Waals surface area (Å²) in [6, 6.07) is 16.4. The minimum Gasteiger partial charge on any atom is -0.385 e. The lowest BCUT2D eigenvalue weighted by atomic mass is 9.92. The van der Waals surface area contributed by atoms with Gasteiger partial charge in [0.05, 0.1) is 12.1 Å². The van der Waals surface area contributed by atoms with Crippen LogP contribution in [-0.2, 0) is 17.6 Å². The number of amides is 1. The molecule has 1 heterocycles. The molecule has 2 atom stereocenters. The van der Waals surface area contributed by atoms with Gasteiger partial charge in [-0.2, -0.15) is 0 Å². The predicted octanol–water partition coefficient (Wildman–Crippen LogP) is 4.88. The van der Waals surface area contributed by atoms with Crippen molar-refractivity contribution in [3.8, 4) is 0 Å². The molecular weight excluding hydrogens is 413 g/mol. The van der Waals surface area contributed by atoms with Crippen molar-refractivity contribution in [3.63, 3.8) is 0 Å². The standard InChI is InChI=1S/C28H32FN3O/c1-17-12-18(2)23(19(3)13-17)16-25(30)28(33)32-27-10-11-31-26-9-6-21(15-24(26)27)14-20-4-7-22(29)8-5-20/h4-9,12-13,15,25,27,31H,10-11,14,16,30H2,1-3H3,(H,32,33). The first-order chi connectivity index (χ1) is 15.8. The van der Waals surface area contributed by atoms with Crippen LogP contribution in [0.2, 0.25) is 0 Å². The molecule has 0 saturated carbocycles. The number of fused-ring (bicyclic) bond motifs is 1. The Kier molecular flexibility index (Phi) is 6.80. The average molecular weight is 446 g/mol. The van der Waals surface area contributed by atoms with Gasteiger partial charge in [0.2, 0.25) is 5.91 Å². The molecule has 0 radical (unpaired) electrons. The third-order valence-corrected chi connectivity index (χ3v) is 6.48. The van der Waals surface area contributed by atoms with E-state index >= 15 is 0 Å². The number of nitrogens with two attached hydrogens (primary N) is 1. The van der Waals surface area contributed by atoms with E-state index in [-0.39, 0.29) is 17.8 Å². The molecule has 5 heteroatoms. The third kappa shape index (κ3) is 5.42. The van der Waals surface area contributed by atoms with Gasteiger partial charge < -0.3 is 16.4 Å². The second-order valence-electron chi connectivity index (χ2n) is 9.19. The van der Waals surface area contributed by atoms with Crippen molar-refractivity contribution >= 4 is 11.6 Å². The number of nitrogens with one attached hydrogen (secondary N) is 2. The largest absolute Gasteiger partial charge is 0.385 e. The van der Waals surface area contributed by atoms with Crippen LogP contribution >= 0.6 is 0 Å². The van der Waals surface area contributed by atoms with E-state index in [4.69, 9.17) is 5.73 Å². The summed E-state index contributed by atoms with van der Waals surface area (Å²) in [5.41, 5.74) is 15.3. The Labute approximate surface area is 195 Å². The molecule has 172 valence electrons. The zero-order valence-electron chi connectivity index (χ0n) is 19.5. The molecule has 0 aromatic heterocycles. The fourth-order valence-corrected chi connectivity index (χ4v) is 4.79. The molecule has 0 fully saturated rings. The molecule has 4 nitrogen and oxygen atoms in total. The van der Waals surface area contributed by atoms with Gasteiger partial charge in [-0.3, -0.25) is 4.79 Å². The van der Waals surface area contributed by atoms with Crippen LogP contribution in [0.15, 0.2) is 54.6 Å². The van der Waals surface area contributed by atoms with Crippen LogP contribution < -0.4 is 16.4 Å². The van der Waals surface area contributed by atoms with Crippen LogP contribution in [0.4, 0.5) is 10.1 Å². The lowest BCUT2D eigenvalue weighted by Crippen LogP contribution is -2.44. The highest BCUT2D eigenvalue weighted by Crippen LogP contribution is 2.31. The number of halogens is 1. The second kappa shape index (κ2) is 9.75. The number of benzene rings is 3. The van der Waals surface area contributed by atoms with Crippen LogP contribution in [-0.4, -0.2) is 18.5 Å². The minimum atomic E-state index is -0.606. The monoisotopic (exact) mass is 445 g/mol. The smallest absolute Gasteiger partial charge is 0.237 e. The lowest BCUT2D eigenvalue weighted by Gasteiger charge is -2.29. The average Bonchev–Trinajstić information content (AvgIpc) is 2.78. The maximum Gasteiger partial charge on any atom is 0.237 e. The number of rotatable bonds is 6. The van der Waals surface area contributed by atoms with Crippen molar-refractivity contribution in [2.24, 2.45) is 5.73 Å². The molecule has 33 heavy (non-hydrogen) atoms. The zero-order chi connectivity index (χ0) is 23.5. The predicted molar refractivity (Wildman–Crippen MR) is 132 cm³/mol. The Balaban J connectivity index is 1.48. The number of aryl methyl sites for hydroxylation is 3. The number of carbonyl (C=O) groups excluding carboxylic acids is 1. The number of carbonyl (C=O) groups is 1. The summed E-state index contributed by atoms with van der Waals surface area (Å²) in [5, 5.41) is 6.61. The van der Waals surface area contributed by atoms with Crippen molar-refractivity contribution < 1.29 is 9.18 Å². The van der Waals surface area contributed by atoms with E-state index in [1.54, 1.807) is 12.1 Å². The van der Waals surface area contributed by atoms with Crippen LogP contribution in [0.25, 0.3) is 0 Å². The number of hydrogen-bond donors (Lipinski definition) is 3. The van der Waals surface area contributed by atoms with E-state index in [0.29, 0.717) is 12.8 Å². The summed E-state index contributed by atoms with van der Waals surface area (Å²) in [6.45, 7) is 7.02. The van der Waals surface area contributed by atoms with E-state index in [2.05, 4.69) is 61.7 Å². The molecule has 1 amide bonds. The van der Waals surface area contributed by atoms with Crippen molar-refractivity contribution in [3.05, 3.63) is 99.4 Å². The Hall–Kier alpha value is -3.18. The first-order valence-electron chi connectivity index (χ1n) is 11.5. The molecule has 1 aliphatic heterocycles. The quantitative estimate of drug-likeness (QED) is 0.506. The maximum atomic E-state index is 13.2. The lowest BCUT2D eigenvalue weighted by molar-refractivity contribution is -0.123. The Bertz CT molecular complexity index is 1130. The Morgan fingerprint density at radius 2 is 1.73 bits per heavy atom. The SMILES string of the molecule is Cc1cc(C)c(CC(N)C(=O)NC2CCNc3ccc(Cc4ccc(F)cc4)cc32)c(C)c1. The van der Waals surface area contributed by atoms with Gasteiger partial charge in [-0.1, -0.05) is 42.0 Å². The molecular formula is C28H32FN3O. The molecule has 3 aromatic rings. The fraction of sp³-hybridized carbons (Fsp3) is 0.321. The van der Waals surface area contributed by atoms with Crippen LogP contribution in [0.1, 0.15) is 51.4 Å². The summed E-state index contributed by atoms with van der Waals surface area (Å²) >= 11 is 0. The van der Waals surface area contributed by atoms with E-state index < -0.39 is 6.04 Å². The molecule has 4 N–H and O–H groups in total. The summed E-state index contributed by atoms with van der Waals surface area (Å²) in [4.78, 5) is 13.0. The van der Waals surface area contributed by atoms with Gasteiger partial charge in [0, 0.05) is 12.2 Å². The molecule has 1 aliphatic rings. The van der Waals surface area contributed by atoms with Crippen molar-refractivity contribution in [2.75, 3.05) is 11.9 Å². The molecule has 2 unspecified atom stereocenters. The van der Waals surface area contributed by atoms with Gasteiger partial charge in [-0.25, -0.2) is 4.39 Å². The Morgan fingerprint density at radius 1 is 1.06 bits per heavy atom. The minimum absolute atomic E-state index is 0.0896. The zero-order valence-corrected chi connectivity index (χ0v) is 19.5. The molecule has 0 spiro atoms. The summed E-state index contributed by atoms with van der Waals surface area (Å²) < 4.78 is 13.2. The Morgan fingerprint density at radius 3 is 2.42 bits per heavy atom. The van der Waals surface area contributed by atoms with Gasteiger partial charge >= 0.3 is 0 Å². The highest BCUT2D eigenvalue weighted by atomic mass is 19.1. The van der Waals surface area contributed by atoms with Crippen molar-refractivity contribution in [1.82, 2.24) is 5.32 Å². The molecule has 0 aliphatic carbocycles. The normalized spacial score (nSPS) is 16.0. The first kappa shape index (κ1) is 23.0. The van der Waals surface area contributed by atoms with Gasteiger partial charge in [0.25, 0.3) is 0 Å². The highest BCUT2D eigenvalue weighted by Gasteiger charge is 2.25. The number of anilines is 1. The van der Waals surface area contributed by atoms with Crippen molar-refractivity contribution in [2.45, 2.75) is 52.1 Å². The van der Waals surface area contributed by atoms with Gasteiger partial charge in [-0.05, 0) is 91.6 Å².